The van der Waals surface area contributed by atoms with E-state index in [-0.39, 0.29) is 18.0 Å². The van der Waals surface area contributed by atoms with Gasteiger partial charge in [-0.25, -0.2) is 0 Å². The topological polar surface area (TPSA) is 90.4 Å². The summed E-state index contributed by atoms with van der Waals surface area (Å²) in [7, 11) is 0. The minimum Gasteiger partial charge on any atom is -0.372 e. The second-order valence-electron chi connectivity index (χ2n) is 4.34. The van der Waals surface area contributed by atoms with Crippen LogP contribution in [0.15, 0.2) is 46.9 Å². The van der Waals surface area contributed by atoms with E-state index >= 15 is 0 Å². The summed E-state index contributed by atoms with van der Waals surface area (Å²) in [5.41, 5.74) is 4.23. The minimum atomic E-state index is -0.479. The molecule has 0 saturated heterocycles. The Balaban J connectivity index is 2.06. The van der Waals surface area contributed by atoms with E-state index in [4.69, 9.17) is 10.6 Å². The van der Waals surface area contributed by atoms with Crippen molar-refractivity contribution in [1.82, 2.24) is 0 Å². The number of nitrogens with two attached hydrogens (primary N) is 1. The first-order valence-electron chi connectivity index (χ1n) is 6.17. The zero-order valence-electron chi connectivity index (χ0n) is 11.1. The number of anilines is 1. The third-order valence-electron chi connectivity index (χ3n) is 2.89. The number of benzene rings is 2. The van der Waals surface area contributed by atoms with Gasteiger partial charge in [0.2, 0.25) is 0 Å². The molecule has 0 amide bonds. The number of nitro groups is 1. The van der Waals surface area contributed by atoms with E-state index in [0.29, 0.717) is 12.2 Å². The second-order valence-corrected chi connectivity index (χ2v) is 5.25. The van der Waals surface area contributed by atoms with Crippen molar-refractivity contribution >= 4 is 27.3 Å². The van der Waals surface area contributed by atoms with Gasteiger partial charge in [0.05, 0.1) is 18.1 Å². The number of para-hydroxylation sites is 1. The second kappa shape index (κ2) is 7.16. The highest BCUT2D eigenvalue weighted by atomic mass is 79.9. The van der Waals surface area contributed by atoms with Gasteiger partial charge in [-0.3, -0.25) is 16.0 Å². The average molecular weight is 352 g/mol. The van der Waals surface area contributed by atoms with Crippen molar-refractivity contribution in [3.05, 3.63) is 68.2 Å². The predicted octanol–water partition coefficient (Wildman–Crippen LogP) is 3.36. The fraction of sp³-hybridized carbons (Fsp3) is 0.143. The van der Waals surface area contributed by atoms with Crippen molar-refractivity contribution < 1.29 is 9.66 Å². The molecule has 110 valence electrons. The zero-order valence-corrected chi connectivity index (χ0v) is 12.7. The number of hydrazine groups is 1. The Morgan fingerprint density at radius 3 is 2.67 bits per heavy atom. The number of hydrogen-bond acceptors (Lipinski definition) is 5. The number of hydrogen-bond donors (Lipinski definition) is 2. The van der Waals surface area contributed by atoms with E-state index in [1.807, 2.05) is 24.3 Å². The van der Waals surface area contributed by atoms with Crippen molar-refractivity contribution in [2.24, 2.45) is 5.84 Å². The van der Waals surface area contributed by atoms with Crippen molar-refractivity contribution in [3.8, 4) is 0 Å². The van der Waals surface area contributed by atoms with Crippen LogP contribution in [0.1, 0.15) is 11.1 Å². The van der Waals surface area contributed by atoms with Gasteiger partial charge in [0.1, 0.15) is 5.69 Å². The third kappa shape index (κ3) is 4.01. The van der Waals surface area contributed by atoms with Crippen LogP contribution < -0.4 is 11.3 Å². The molecule has 0 bridgehead atoms. The number of nitrogen functional groups attached to an aromatic ring is 1. The molecule has 2 rings (SSSR count). The molecule has 0 heterocycles. The Labute approximate surface area is 130 Å². The Hall–Kier alpha value is -1.96. The highest BCUT2D eigenvalue weighted by Crippen LogP contribution is 2.28. The molecule has 0 aliphatic heterocycles. The maximum absolute atomic E-state index is 10.9. The van der Waals surface area contributed by atoms with Crippen molar-refractivity contribution in [2.45, 2.75) is 13.2 Å². The number of nitrogens with zero attached hydrogens (tertiary/aromatic N) is 1. The lowest BCUT2D eigenvalue weighted by Crippen LogP contribution is -2.12. The number of nitrogens with one attached hydrogen (secondary N) is 1. The lowest BCUT2D eigenvalue weighted by atomic mass is 10.1. The van der Waals surface area contributed by atoms with Gasteiger partial charge in [-0.15, -0.1) is 0 Å². The van der Waals surface area contributed by atoms with Crippen molar-refractivity contribution in [3.63, 3.8) is 0 Å². The highest BCUT2D eigenvalue weighted by Gasteiger charge is 2.16. The number of halogens is 1. The maximum atomic E-state index is 10.9. The van der Waals surface area contributed by atoms with Gasteiger partial charge in [-0.1, -0.05) is 40.2 Å². The molecule has 0 fully saturated rings. The zero-order chi connectivity index (χ0) is 15.2. The molecule has 0 aliphatic rings. The largest absolute Gasteiger partial charge is 0.372 e. The molecule has 0 aliphatic carbocycles. The molecule has 2 aromatic rings. The Bertz CT molecular complexity index is 649. The van der Waals surface area contributed by atoms with E-state index in [2.05, 4.69) is 21.4 Å². The first-order chi connectivity index (χ1) is 10.1. The number of ether oxygens (including phenoxy) is 1. The van der Waals surface area contributed by atoms with Crippen molar-refractivity contribution in [2.75, 3.05) is 5.43 Å². The van der Waals surface area contributed by atoms with E-state index < -0.39 is 4.92 Å². The number of nitro benzene ring substituents is 1. The molecule has 0 unspecified atom stereocenters. The molecule has 21 heavy (non-hydrogen) atoms. The molecule has 0 spiro atoms. The van der Waals surface area contributed by atoms with Crippen LogP contribution in [0.5, 0.6) is 0 Å². The molecule has 0 atom stereocenters. The smallest absolute Gasteiger partial charge is 0.294 e. The fourth-order valence-electron chi connectivity index (χ4n) is 1.93. The molecule has 0 aromatic heterocycles. The lowest BCUT2D eigenvalue weighted by molar-refractivity contribution is -0.384. The van der Waals surface area contributed by atoms with Gasteiger partial charge in [0.15, 0.2) is 0 Å². The molecule has 0 radical (unpaired) electrons. The molecule has 2 aromatic carbocycles. The standard InChI is InChI=1S/C14H14BrN3O3/c15-12-5-1-3-10(7-12)8-21-9-11-4-2-6-13(18(19)20)14(11)17-16/h1-7,17H,8-9,16H2. The summed E-state index contributed by atoms with van der Waals surface area (Å²) in [6.45, 7) is 0.639. The average Bonchev–Trinajstić information content (AvgIpc) is 2.47. The van der Waals surface area contributed by atoms with Crippen LogP contribution in [0, 0.1) is 10.1 Å². The monoisotopic (exact) mass is 351 g/mol. The summed E-state index contributed by atoms with van der Waals surface area (Å²) in [4.78, 5) is 10.5. The number of rotatable bonds is 6. The quantitative estimate of drug-likeness (QED) is 0.473. The van der Waals surface area contributed by atoms with Crippen LogP contribution in [0.3, 0.4) is 0 Å². The normalized spacial score (nSPS) is 10.4. The van der Waals surface area contributed by atoms with Crippen LogP contribution in [-0.4, -0.2) is 4.92 Å². The first-order valence-corrected chi connectivity index (χ1v) is 6.96. The maximum Gasteiger partial charge on any atom is 0.294 e. The SMILES string of the molecule is NNc1c(COCc2cccc(Br)c2)cccc1[N+](=O)[O-]. The van der Waals surface area contributed by atoms with Gasteiger partial charge < -0.3 is 10.2 Å². The minimum absolute atomic E-state index is 0.0685. The molecule has 7 heteroatoms. The predicted molar refractivity (Wildman–Crippen MR) is 83.5 cm³/mol. The van der Waals surface area contributed by atoms with Crippen LogP contribution in [0.25, 0.3) is 0 Å². The summed E-state index contributed by atoms with van der Waals surface area (Å²) in [5, 5.41) is 10.9. The Kier molecular flexibility index (Phi) is 5.26. The molecule has 3 N–H and O–H groups in total. The van der Waals surface area contributed by atoms with Crippen LogP contribution in [-0.2, 0) is 18.0 Å². The molecule has 6 nitrogen and oxygen atoms in total. The Morgan fingerprint density at radius 2 is 2.00 bits per heavy atom. The van der Waals surface area contributed by atoms with E-state index in [1.54, 1.807) is 12.1 Å². The fourth-order valence-corrected chi connectivity index (χ4v) is 2.38. The van der Waals surface area contributed by atoms with Crippen LogP contribution >= 0.6 is 15.9 Å². The van der Waals surface area contributed by atoms with Gasteiger partial charge in [0.25, 0.3) is 5.69 Å². The van der Waals surface area contributed by atoms with Crippen molar-refractivity contribution in [1.29, 1.82) is 0 Å². The first kappa shape index (κ1) is 15.4. The van der Waals surface area contributed by atoms with Gasteiger partial charge in [-0.05, 0) is 17.7 Å². The van der Waals surface area contributed by atoms with Gasteiger partial charge >= 0.3 is 0 Å². The third-order valence-corrected chi connectivity index (χ3v) is 3.38. The summed E-state index contributed by atoms with van der Waals surface area (Å²) >= 11 is 3.39. The summed E-state index contributed by atoms with van der Waals surface area (Å²) in [6.07, 6.45) is 0. The highest BCUT2D eigenvalue weighted by molar-refractivity contribution is 9.10. The molecule has 0 saturated carbocycles. The van der Waals surface area contributed by atoms with E-state index in [9.17, 15) is 10.1 Å². The van der Waals surface area contributed by atoms with E-state index in [1.165, 1.54) is 6.07 Å². The van der Waals surface area contributed by atoms with E-state index in [0.717, 1.165) is 10.0 Å². The summed E-state index contributed by atoms with van der Waals surface area (Å²) in [6, 6.07) is 12.5. The molecular weight excluding hydrogens is 338 g/mol. The van der Waals surface area contributed by atoms with Crippen LogP contribution in [0.2, 0.25) is 0 Å². The van der Waals surface area contributed by atoms with Gasteiger partial charge in [-0.2, -0.15) is 0 Å². The Morgan fingerprint density at radius 1 is 1.24 bits per heavy atom. The van der Waals surface area contributed by atoms with Gasteiger partial charge in [0, 0.05) is 16.1 Å². The summed E-state index contributed by atoms with van der Waals surface area (Å²) < 4.78 is 6.57. The molecular formula is C14H14BrN3O3. The lowest BCUT2D eigenvalue weighted by Gasteiger charge is -2.10. The summed E-state index contributed by atoms with van der Waals surface area (Å²) in [5.74, 6) is 5.38. The van der Waals surface area contributed by atoms with Crippen LogP contribution in [0.4, 0.5) is 11.4 Å².